The van der Waals surface area contributed by atoms with Crippen LogP contribution in [0, 0.1) is 5.95 Å². The largest absolute Gasteiger partial charge is 0.494 e. The summed E-state index contributed by atoms with van der Waals surface area (Å²) in [5.74, 6) is 0.406. The molecule has 3 N–H and O–H groups in total. The van der Waals surface area contributed by atoms with Crippen LogP contribution in [-0.2, 0) is 0 Å². The van der Waals surface area contributed by atoms with Gasteiger partial charge in [0.15, 0.2) is 0 Å². The van der Waals surface area contributed by atoms with Crippen molar-refractivity contribution in [2.75, 3.05) is 57.3 Å². The number of ether oxygens (including phenoxy) is 1. The topological polar surface area (TPSA) is 110 Å². The van der Waals surface area contributed by atoms with Crippen molar-refractivity contribution < 1.29 is 9.13 Å². The smallest absolute Gasteiger partial charge is 0.256 e. The highest BCUT2D eigenvalue weighted by molar-refractivity contribution is 5.81. The minimum absolute atomic E-state index is 0.180. The number of rotatable bonds is 8. The summed E-state index contributed by atoms with van der Waals surface area (Å²) in [7, 11) is 7.60. The molecule has 2 aromatic heterocycles. The van der Waals surface area contributed by atoms with Crippen LogP contribution in [0.3, 0.4) is 0 Å². The molecular formula is C22H26FN9O. The molecule has 33 heavy (non-hydrogen) atoms. The number of nitrogens with one attached hydrogen (secondary N) is 1. The average Bonchev–Trinajstić information content (AvgIpc) is 3.14. The highest BCUT2D eigenvalue weighted by Gasteiger charge is 2.16. The van der Waals surface area contributed by atoms with Gasteiger partial charge in [0.2, 0.25) is 11.9 Å². The molecule has 0 aliphatic rings. The molecule has 0 atom stereocenters. The van der Waals surface area contributed by atoms with E-state index in [-0.39, 0.29) is 11.9 Å². The summed E-state index contributed by atoms with van der Waals surface area (Å²) in [5.41, 5.74) is 8.91. The van der Waals surface area contributed by atoms with Crippen molar-refractivity contribution >= 4 is 33.9 Å². The van der Waals surface area contributed by atoms with Gasteiger partial charge in [-0.25, -0.2) is 4.98 Å². The monoisotopic (exact) mass is 451 g/mol. The molecule has 4 rings (SSSR count). The lowest BCUT2D eigenvalue weighted by molar-refractivity contribution is 0.413. The van der Waals surface area contributed by atoms with Gasteiger partial charge in [0.1, 0.15) is 12.1 Å². The molecule has 0 aliphatic carbocycles. The minimum atomic E-state index is -0.594. The average molecular weight is 452 g/mol. The summed E-state index contributed by atoms with van der Waals surface area (Å²) in [4.78, 5) is 16.9. The number of nitrogens with zero attached hydrogens (tertiary/aromatic N) is 7. The standard InChI is InChI=1S/C22H26FN9O/c1-30(2)9-10-31(3)18-12-19(33-4)16(11-15(18)24)27-21-25-13-26-22(28-21)32-17-8-6-5-7-14(17)20(23)29-32/h5-8,11-13H,9-10,24H2,1-4H3,(H,25,26,27,28). The second-order valence-electron chi connectivity index (χ2n) is 7.79. The molecule has 0 saturated heterocycles. The van der Waals surface area contributed by atoms with E-state index >= 15 is 0 Å². The second-order valence-corrected chi connectivity index (χ2v) is 7.79. The van der Waals surface area contributed by atoms with E-state index < -0.39 is 5.95 Å². The van der Waals surface area contributed by atoms with E-state index in [0.29, 0.717) is 28.0 Å². The van der Waals surface area contributed by atoms with E-state index in [1.54, 1.807) is 37.4 Å². The number of nitrogens with two attached hydrogens (primary N) is 1. The Morgan fingerprint density at radius 2 is 1.91 bits per heavy atom. The Balaban J connectivity index is 1.63. The Bertz CT molecular complexity index is 1270. The fraction of sp³-hybridized carbons (Fsp3) is 0.273. The normalized spacial score (nSPS) is 11.2. The molecule has 4 aromatic rings. The number of nitrogen functional groups attached to an aromatic ring is 1. The van der Waals surface area contributed by atoms with Crippen LogP contribution in [0.5, 0.6) is 5.75 Å². The van der Waals surface area contributed by atoms with Crippen molar-refractivity contribution in [2.24, 2.45) is 0 Å². The number of aromatic nitrogens is 5. The van der Waals surface area contributed by atoms with Gasteiger partial charge in [-0.1, -0.05) is 12.1 Å². The zero-order valence-electron chi connectivity index (χ0n) is 18.9. The maximum absolute atomic E-state index is 14.2. The highest BCUT2D eigenvalue weighted by atomic mass is 19.1. The van der Waals surface area contributed by atoms with Crippen LogP contribution >= 0.6 is 0 Å². The number of fused-ring (bicyclic) bond motifs is 1. The summed E-state index contributed by atoms with van der Waals surface area (Å²) in [6.45, 7) is 1.69. The van der Waals surface area contributed by atoms with Crippen molar-refractivity contribution in [3.63, 3.8) is 0 Å². The summed E-state index contributed by atoms with van der Waals surface area (Å²) in [6.07, 6.45) is 1.33. The number of methoxy groups -OCH3 is 1. The van der Waals surface area contributed by atoms with Gasteiger partial charge < -0.3 is 25.6 Å². The number of benzene rings is 2. The predicted molar refractivity (Wildman–Crippen MR) is 127 cm³/mol. The molecule has 0 amide bonds. The molecule has 2 aromatic carbocycles. The van der Waals surface area contributed by atoms with E-state index in [9.17, 15) is 4.39 Å². The number of likely N-dealkylation sites (N-methyl/N-ethyl adjacent to an activating group) is 2. The van der Waals surface area contributed by atoms with Crippen LogP contribution in [0.25, 0.3) is 16.9 Å². The van der Waals surface area contributed by atoms with Crippen molar-refractivity contribution in [1.29, 1.82) is 0 Å². The lowest BCUT2D eigenvalue weighted by atomic mass is 10.2. The molecule has 0 unspecified atom stereocenters. The highest BCUT2D eigenvalue weighted by Crippen LogP contribution is 2.36. The first-order valence-corrected chi connectivity index (χ1v) is 10.3. The fourth-order valence-corrected chi connectivity index (χ4v) is 3.40. The number of anilines is 4. The van der Waals surface area contributed by atoms with E-state index in [2.05, 4.69) is 35.2 Å². The molecule has 0 spiro atoms. The van der Waals surface area contributed by atoms with Gasteiger partial charge in [-0.05, 0) is 32.3 Å². The predicted octanol–water partition coefficient (Wildman–Crippen LogP) is 2.68. The first-order chi connectivity index (χ1) is 15.9. The van der Waals surface area contributed by atoms with Crippen LogP contribution in [0.1, 0.15) is 0 Å². The second kappa shape index (κ2) is 9.25. The molecular weight excluding hydrogens is 425 g/mol. The minimum Gasteiger partial charge on any atom is -0.494 e. The van der Waals surface area contributed by atoms with Crippen molar-refractivity contribution in [1.82, 2.24) is 29.6 Å². The lowest BCUT2D eigenvalue weighted by Gasteiger charge is -2.24. The molecule has 10 nitrogen and oxygen atoms in total. The molecule has 0 aliphatic heterocycles. The SMILES string of the molecule is COc1cc(N(C)CCN(C)C)c(N)cc1Nc1ncnc(-n2nc(F)c3ccccc32)n1. The first-order valence-electron chi connectivity index (χ1n) is 10.3. The summed E-state index contributed by atoms with van der Waals surface area (Å²) in [5, 5.41) is 7.43. The van der Waals surface area contributed by atoms with Gasteiger partial charge in [0.25, 0.3) is 5.95 Å². The van der Waals surface area contributed by atoms with Crippen LogP contribution < -0.4 is 20.7 Å². The Labute approximate surface area is 190 Å². The third-order valence-corrected chi connectivity index (χ3v) is 5.18. The van der Waals surface area contributed by atoms with E-state index in [0.717, 1.165) is 18.8 Å². The summed E-state index contributed by atoms with van der Waals surface area (Å²) in [6, 6.07) is 10.6. The van der Waals surface area contributed by atoms with E-state index in [1.165, 1.54) is 11.0 Å². The van der Waals surface area contributed by atoms with Gasteiger partial charge in [-0.2, -0.15) is 19.0 Å². The van der Waals surface area contributed by atoms with Crippen LogP contribution in [0.2, 0.25) is 0 Å². The molecule has 0 saturated carbocycles. The maximum atomic E-state index is 14.2. The van der Waals surface area contributed by atoms with Crippen molar-refractivity contribution in [2.45, 2.75) is 0 Å². The van der Waals surface area contributed by atoms with Gasteiger partial charge in [-0.15, -0.1) is 5.10 Å². The zero-order chi connectivity index (χ0) is 23.5. The van der Waals surface area contributed by atoms with E-state index in [1.807, 2.05) is 27.2 Å². The fourth-order valence-electron chi connectivity index (χ4n) is 3.40. The van der Waals surface area contributed by atoms with Crippen LogP contribution in [-0.4, -0.2) is 71.0 Å². The van der Waals surface area contributed by atoms with E-state index in [4.69, 9.17) is 10.5 Å². The molecule has 11 heteroatoms. The zero-order valence-corrected chi connectivity index (χ0v) is 18.9. The van der Waals surface area contributed by atoms with Crippen LogP contribution in [0.15, 0.2) is 42.7 Å². The quantitative estimate of drug-likeness (QED) is 0.391. The van der Waals surface area contributed by atoms with Gasteiger partial charge >= 0.3 is 0 Å². The Morgan fingerprint density at radius 1 is 1.12 bits per heavy atom. The molecule has 0 fully saturated rings. The summed E-state index contributed by atoms with van der Waals surface area (Å²) >= 11 is 0. The van der Waals surface area contributed by atoms with Gasteiger partial charge in [-0.3, -0.25) is 0 Å². The Morgan fingerprint density at radius 3 is 2.67 bits per heavy atom. The molecule has 172 valence electrons. The Hall–Kier alpha value is -3.99. The van der Waals surface area contributed by atoms with Crippen molar-refractivity contribution in [3.8, 4) is 11.7 Å². The summed E-state index contributed by atoms with van der Waals surface area (Å²) < 4.78 is 21.1. The van der Waals surface area contributed by atoms with Crippen LogP contribution in [0.4, 0.5) is 27.4 Å². The van der Waals surface area contributed by atoms with Crippen molar-refractivity contribution in [3.05, 3.63) is 48.7 Å². The molecule has 0 radical (unpaired) electrons. The Kier molecular flexibility index (Phi) is 6.22. The van der Waals surface area contributed by atoms with Gasteiger partial charge in [0, 0.05) is 26.2 Å². The maximum Gasteiger partial charge on any atom is 0.256 e. The number of para-hydroxylation sites is 1. The third-order valence-electron chi connectivity index (χ3n) is 5.18. The third kappa shape index (κ3) is 4.62. The van der Waals surface area contributed by atoms with Gasteiger partial charge in [0.05, 0.1) is 35.1 Å². The number of hydrogen-bond donors (Lipinski definition) is 2. The number of hydrogen-bond acceptors (Lipinski definition) is 9. The molecule has 0 bridgehead atoms. The molecule has 2 heterocycles. The lowest BCUT2D eigenvalue weighted by Crippen LogP contribution is -2.29. The first kappa shape index (κ1) is 22.2. The number of halogens is 1.